The van der Waals surface area contributed by atoms with Crippen molar-refractivity contribution in [3.05, 3.63) is 23.2 Å². The first kappa shape index (κ1) is 20.0. The van der Waals surface area contributed by atoms with Crippen molar-refractivity contribution in [1.29, 1.82) is 0 Å². The maximum absolute atomic E-state index is 12.8. The van der Waals surface area contributed by atoms with E-state index in [1.807, 2.05) is 0 Å². The van der Waals surface area contributed by atoms with Crippen LogP contribution in [0.4, 0.5) is 0 Å². The fourth-order valence-corrected chi connectivity index (χ4v) is 4.48. The lowest BCUT2D eigenvalue weighted by atomic mass is 10.1. The highest BCUT2D eigenvalue weighted by Gasteiger charge is 2.30. The first-order valence-corrected chi connectivity index (χ1v) is 10.3. The van der Waals surface area contributed by atoms with Gasteiger partial charge in [-0.2, -0.15) is 4.31 Å². The second kappa shape index (κ2) is 8.87. The Morgan fingerprint density at radius 2 is 2.00 bits per heavy atom. The topological polar surface area (TPSA) is 75.7 Å². The van der Waals surface area contributed by atoms with Crippen molar-refractivity contribution in [2.45, 2.75) is 38.0 Å². The summed E-state index contributed by atoms with van der Waals surface area (Å²) >= 11 is 5.97. The summed E-state index contributed by atoms with van der Waals surface area (Å²) in [5.41, 5.74) is 0. The second-order valence-electron chi connectivity index (χ2n) is 6.52. The van der Waals surface area contributed by atoms with Crippen molar-refractivity contribution in [2.75, 3.05) is 26.2 Å². The molecule has 6 nitrogen and oxygen atoms in total. The van der Waals surface area contributed by atoms with Gasteiger partial charge in [0.05, 0.1) is 0 Å². The molecule has 0 bridgehead atoms. The van der Waals surface area contributed by atoms with E-state index >= 15 is 0 Å². The molecule has 140 valence electrons. The quantitative estimate of drug-likeness (QED) is 0.742. The summed E-state index contributed by atoms with van der Waals surface area (Å²) in [6.45, 7) is 5.47. The van der Waals surface area contributed by atoms with Crippen molar-refractivity contribution < 1.29 is 17.9 Å². The van der Waals surface area contributed by atoms with E-state index in [9.17, 15) is 13.2 Å². The van der Waals surface area contributed by atoms with Gasteiger partial charge in [-0.3, -0.25) is 4.79 Å². The highest BCUT2D eigenvalue weighted by molar-refractivity contribution is 7.89. The zero-order valence-electron chi connectivity index (χ0n) is 14.6. The van der Waals surface area contributed by atoms with Gasteiger partial charge < -0.3 is 10.1 Å². The van der Waals surface area contributed by atoms with Gasteiger partial charge in [0.2, 0.25) is 10.0 Å². The Labute approximate surface area is 154 Å². The van der Waals surface area contributed by atoms with Gasteiger partial charge in [-0.15, -0.1) is 0 Å². The van der Waals surface area contributed by atoms with Crippen LogP contribution in [0.2, 0.25) is 5.02 Å². The van der Waals surface area contributed by atoms with Gasteiger partial charge in [0.15, 0.2) is 6.61 Å². The van der Waals surface area contributed by atoms with Crippen LogP contribution in [0, 0.1) is 5.92 Å². The molecule has 1 fully saturated rings. The zero-order valence-corrected chi connectivity index (χ0v) is 16.2. The standard InChI is InChI=1S/C17H25ClN2O4S/c1-13(2)7-8-19-17(21)12-24-15-6-5-14(18)11-16(15)25(22,23)20-9-3-4-10-20/h5-6,11,13H,3-4,7-10,12H2,1-2H3,(H,19,21). The molecule has 25 heavy (non-hydrogen) atoms. The van der Waals surface area contributed by atoms with E-state index in [4.69, 9.17) is 16.3 Å². The van der Waals surface area contributed by atoms with Crippen molar-refractivity contribution in [3.8, 4) is 5.75 Å². The van der Waals surface area contributed by atoms with Gasteiger partial charge in [0.25, 0.3) is 5.91 Å². The van der Waals surface area contributed by atoms with Crippen LogP contribution in [-0.2, 0) is 14.8 Å². The summed E-state index contributed by atoms with van der Waals surface area (Å²) in [5, 5.41) is 3.07. The van der Waals surface area contributed by atoms with Gasteiger partial charge in [-0.1, -0.05) is 25.4 Å². The Morgan fingerprint density at radius 3 is 2.64 bits per heavy atom. The summed E-state index contributed by atoms with van der Waals surface area (Å²) in [5.74, 6) is 0.366. The average molecular weight is 389 g/mol. The fraction of sp³-hybridized carbons (Fsp3) is 0.588. The molecule has 1 aliphatic heterocycles. The molecule has 1 aromatic carbocycles. The van der Waals surface area contributed by atoms with E-state index in [0.29, 0.717) is 30.6 Å². The highest BCUT2D eigenvalue weighted by Crippen LogP contribution is 2.31. The molecular weight excluding hydrogens is 364 g/mol. The number of carbonyl (C=O) groups is 1. The number of nitrogens with zero attached hydrogens (tertiary/aromatic N) is 1. The van der Waals surface area contributed by atoms with Crippen LogP contribution >= 0.6 is 11.6 Å². The number of nitrogens with one attached hydrogen (secondary N) is 1. The number of ether oxygens (including phenoxy) is 1. The Morgan fingerprint density at radius 1 is 1.32 bits per heavy atom. The molecule has 1 aliphatic rings. The predicted octanol–water partition coefficient (Wildman–Crippen LogP) is 2.67. The van der Waals surface area contributed by atoms with Crippen LogP contribution in [0.15, 0.2) is 23.1 Å². The van der Waals surface area contributed by atoms with Crippen LogP contribution in [0.3, 0.4) is 0 Å². The molecule has 0 aromatic heterocycles. The molecule has 0 saturated carbocycles. The van der Waals surface area contributed by atoms with Crippen LogP contribution in [0.5, 0.6) is 5.75 Å². The highest BCUT2D eigenvalue weighted by atomic mass is 35.5. The second-order valence-corrected chi connectivity index (χ2v) is 8.87. The third-order valence-corrected chi connectivity index (χ3v) is 6.15. The summed E-state index contributed by atoms with van der Waals surface area (Å²) in [4.78, 5) is 11.9. The van der Waals surface area contributed by atoms with Gasteiger partial charge in [-0.25, -0.2) is 8.42 Å². The van der Waals surface area contributed by atoms with Gasteiger partial charge in [0.1, 0.15) is 10.6 Å². The van der Waals surface area contributed by atoms with Gasteiger partial charge >= 0.3 is 0 Å². The molecule has 1 saturated heterocycles. The first-order chi connectivity index (χ1) is 11.8. The molecule has 0 radical (unpaired) electrons. The molecular formula is C17H25ClN2O4S. The molecule has 0 aliphatic carbocycles. The number of rotatable bonds is 8. The fourth-order valence-electron chi connectivity index (χ4n) is 2.56. The van der Waals surface area contributed by atoms with E-state index < -0.39 is 10.0 Å². The molecule has 1 heterocycles. The van der Waals surface area contributed by atoms with Crippen LogP contribution in [0.25, 0.3) is 0 Å². The van der Waals surface area contributed by atoms with Crippen LogP contribution in [0.1, 0.15) is 33.1 Å². The molecule has 1 N–H and O–H groups in total. The van der Waals surface area contributed by atoms with Gasteiger partial charge in [0, 0.05) is 24.7 Å². The van der Waals surface area contributed by atoms with E-state index in [1.54, 1.807) is 6.07 Å². The average Bonchev–Trinajstić information content (AvgIpc) is 3.08. The van der Waals surface area contributed by atoms with Crippen molar-refractivity contribution >= 4 is 27.5 Å². The number of amides is 1. The minimum atomic E-state index is -3.68. The summed E-state index contributed by atoms with van der Waals surface area (Å²) in [7, 11) is -3.68. The van der Waals surface area contributed by atoms with E-state index in [0.717, 1.165) is 19.3 Å². The molecule has 0 spiro atoms. The lowest BCUT2D eigenvalue weighted by Gasteiger charge is -2.18. The third kappa shape index (κ3) is 5.59. The number of hydrogen-bond donors (Lipinski definition) is 1. The minimum Gasteiger partial charge on any atom is -0.482 e. The number of halogens is 1. The monoisotopic (exact) mass is 388 g/mol. The lowest BCUT2D eigenvalue weighted by Crippen LogP contribution is -2.31. The SMILES string of the molecule is CC(C)CCNC(=O)COc1ccc(Cl)cc1S(=O)(=O)N1CCCC1. The van der Waals surface area contributed by atoms with E-state index in [-0.39, 0.29) is 23.2 Å². The molecule has 1 aromatic rings. The maximum Gasteiger partial charge on any atom is 0.257 e. The smallest absolute Gasteiger partial charge is 0.257 e. The predicted molar refractivity (Wildman–Crippen MR) is 97.4 cm³/mol. The Bertz CT molecular complexity index is 701. The molecule has 0 atom stereocenters. The molecule has 8 heteroatoms. The maximum atomic E-state index is 12.8. The molecule has 0 unspecified atom stereocenters. The van der Waals surface area contributed by atoms with E-state index in [1.165, 1.54) is 16.4 Å². The first-order valence-electron chi connectivity index (χ1n) is 8.50. The van der Waals surface area contributed by atoms with Crippen molar-refractivity contribution in [3.63, 3.8) is 0 Å². The number of carbonyl (C=O) groups excluding carboxylic acids is 1. The Hall–Kier alpha value is -1.31. The number of sulfonamides is 1. The summed E-state index contributed by atoms with van der Waals surface area (Å²) in [6.07, 6.45) is 2.56. The van der Waals surface area contributed by atoms with Crippen LogP contribution < -0.4 is 10.1 Å². The minimum absolute atomic E-state index is 0.0110. The Kier molecular flexibility index (Phi) is 7.10. The zero-order chi connectivity index (χ0) is 18.4. The lowest BCUT2D eigenvalue weighted by molar-refractivity contribution is -0.123. The molecule has 1 amide bonds. The Balaban J connectivity index is 2.07. The number of benzene rings is 1. The van der Waals surface area contributed by atoms with Gasteiger partial charge in [-0.05, 0) is 43.4 Å². The normalized spacial score (nSPS) is 15.5. The van der Waals surface area contributed by atoms with Crippen molar-refractivity contribution in [1.82, 2.24) is 9.62 Å². The molecule has 2 rings (SSSR count). The summed E-state index contributed by atoms with van der Waals surface area (Å²) < 4.78 is 32.5. The van der Waals surface area contributed by atoms with Crippen LogP contribution in [-0.4, -0.2) is 44.9 Å². The summed E-state index contributed by atoms with van der Waals surface area (Å²) in [6, 6.07) is 4.42. The number of hydrogen-bond acceptors (Lipinski definition) is 4. The third-order valence-electron chi connectivity index (χ3n) is 3.99. The largest absolute Gasteiger partial charge is 0.482 e. The van der Waals surface area contributed by atoms with E-state index in [2.05, 4.69) is 19.2 Å². The van der Waals surface area contributed by atoms with Crippen molar-refractivity contribution in [2.24, 2.45) is 5.92 Å².